The summed E-state index contributed by atoms with van der Waals surface area (Å²) in [7, 11) is 0. The Morgan fingerprint density at radius 3 is 2.50 bits per heavy atom. The molecule has 0 fully saturated rings. The Kier molecular flexibility index (Phi) is 1.83. The van der Waals surface area contributed by atoms with Gasteiger partial charge in [-0.25, -0.2) is 0 Å². The Balaban J connectivity index is 2.36. The van der Waals surface area contributed by atoms with Gasteiger partial charge < -0.3 is 8.94 Å². The Morgan fingerprint density at radius 2 is 2.00 bits per heavy atom. The van der Waals surface area contributed by atoms with Crippen molar-refractivity contribution in [2.24, 2.45) is 0 Å². The highest BCUT2D eigenvalue weighted by molar-refractivity contribution is 5.34. The molecular weight excluding hydrogens is 184 g/mol. The summed E-state index contributed by atoms with van der Waals surface area (Å²) in [6.45, 7) is 5.99. The van der Waals surface area contributed by atoms with Gasteiger partial charge in [0.1, 0.15) is 0 Å². The lowest BCUT2D eigenvalue weighted by molar-refractivity contribution is 0.391. The predicted molar refractivity (Wildman–Crippen MR) is 46.3 cm³/mol. The first-order valence-electron chi connectivity index (χ1n) is 4.18. The quantitative estimate of drug-likeness (QED) is 0.683. The average molecular weight is 194 g/mol. The maximum atomic E-state index is 4.98. The topological polar surface area (TPSA) is 77.8 Å². The SMILES string of the molecule is CC(C)(C)c1noc(-c2nnco2)n1. The number of hydrogen-bond acceptors (Lipinski definition) is 6. The molecule has 2 heterocycles. The van der Waals surface area contributed by atoms with Crippen LogP contribution in [0, 0.1) is 0 Å². The zero-order valence-corrected chi connectivity index (χ0v) is 8.18. The second-order valence-electron chi connectivity index (χ2n) is 3.92. The van der Waals surface area contributed by atoms with Crippen molar-refractivity contribution in [2.45, 2.75) is 26.2 Å². The molecule has 0 bridgehead atoms. The number of aromatic nitrogens is 4. The molecule has 0 saturated heterocycles. The molecule has 2 rings (SSSR count). The van der Waals surface area contributed by atoms with Crippen molar-refractivity contribution < 1.29 is 8.94 Å². The lowest BCUT2D eigenvalue weighted by Gasteiger charge is -2.10. The Bertz CT molecular complexity index is 413. The minimum Gasteiger partial charge on any atom is -0.420 e. The predicted octanol–water partition coefficient (Wildman–Crippen LogP) is 1.42. The van der Waals surface area contributed by atoms with E-state index in [1.165, 1.54) is 6.39 Å². The average Bonchev–Trinajstić information content (AvgIpc) is 2.73. The summed E-state index contributed by atoms with van der Waals surface area (Å²) in [5.41, 5.74) is -0.151. The van der Waals surface area contributed by atoms with Crippen LogP contribution in [0.25, 0.3) is 11.8 Å². The molecular formula is C8H10N4O2. The molecule has 0 unspecified atom stereocenters. The van der Waals surface area contributed by atoms with Crippen molar-refractivity contribution in [3.63, 3.8) is 0 Å². The molecule has 0 aliphatic carbocycles. The van der Waals surface area contributed by atoms with Crippen LogP contribution in [0.2, 0.25) is 0 Å². The van der Waals surface area contributed by atoms with E-state index in [9.17, 15) is 0 Å². The first-order valence-corrected chi connectivity index (χ1v) is 4.18. The van der Waals surface area contributed by atoms with Crippen molar-refractivity contribution in [1.82, 2.24) is 20.3 Å². The van der Waals surface area contributed by atoms with Crippen LogP contribution in [0.4, 0.5) is 0 Å². The maximum Gasteiger partial charge on any atom is 0.315 e. The fraction of sp³-hybridized carbons (Fsp3) is 0.500. The van der Waals surface area contributed by atoms with Crippen molar-refractivity contribution in [2.75, 3.05) is 0 Å². The van der Waals surface area contributed by atoms with Gasteiger partial charge in [-0.3, -0.25) is 0 Å². The molecule has 6 nitrogen and oxygen atoms in total. The standard InChI is InChI=1S/C8H10N4O2/c1-8(2,3)7-10-5(14-12-7)6-11-9-4-13-6/h4H,1-3H3. The van der Waals surface area contributed by atoms with E-state index in [1.807, 2.05) is 20.8 Å². The third-order valence-electron chi connectivity index (χ3n) is 1.64. The van der Waals surface area contributed by atoms with Gasteiger partial charge in [-0.2, -0.15) is 4.98 Å². The summed E-state index contributed by atoms with van der Waals surface area (Å²) in [6, 6.07) is 0. The largest absolute Gasteiger partial charge is 0.420 e. The molecule has 0 atom stereocenters. The number of hydrogen-bond donors (Lipinski definition) is 0. The highest BCUT2D eigenvalue weighted by Crippen LogP contribution is 2.21. The second-order valence-corrected chi connectivity index (χ2v) is 3.92. The lowest BCUT2D eigenvalue weighted by Crippen LogP contribution is -2.13. The number of rotatable bonds is 1. The van der Waals surface area contributed by atoms with Gasteiger partial charge in [0.25, 0.3) is 0 Å². The van der Waals surface area contributed by atoms with E-state index in [4.69, 9.17) is 8.94 Å². The molecule has 0 aliphatic rings. The Hall–Kier alpha value is -1.72. The molecule has 0 radical (unpaired) electrons. The van der Waals surface area contributed by atoms with Crippen molar-refractivity contribution in [1.29, 1.82) is 0 Å². The van der Waals surface area contributed by atoms with Crippen LogP contribution in [0.15, 0.2) is 15.3 Å². The first-order chi connectivity index (χ1) is 6.57. The van der Waals surface area contributed by atoms with Crippen LogP contribution in [-0.4, -0.2) is 20.3 Å². The third kappa shape index (κ3) is 1.50. The van der Waals surface area contributed by atoms with Crippen LogP contribution >= 0.6 is 0 Å². The molecule has 2 aromatic heterocycles. The van der Waals surface area contributed by atoms with E-state index in [1.54, 1.807) is 0 Å². The van der Waals surface area contributed by atoms with E-state index in [0.29, 0.717) is 5.82 Å². The maximum absolute atomic E-state index is 4.98. The summed E-state index contributed by atoms with van der Waals surface area (Å²) in [5.74, 6) is 1.12. The lowest BCUT2D eigenvalue weighted by atomic mass is 9.96. The summed E-state index contributed by atoms with van der Waals surface area (Å²) in [6.07, 6.45) is 1.22. The van der Waals surface area contributed by atoms with Crippen molar-refractivity contribution in [3.8, 4) is 11.8 Å². The van der Waals surface area contributed by atoms with Gasteiger partial charge in [0.05, 0.1) is 0 Å². The Labute approximate surface area is 80.3 Å². The zero-order chi connectivity index (χ0) is 10.2. The molecule has 0 aliphatic heterocycles. The Morgan fingerprint density at radius 1 is 1.21 bits per heavy atom. The third-order valence-corrected chi connectivity index (χ3v) is 1.64. The first kappa shape index (κ1) is 8.86. The van der Waals surface area contributed by atoms with Gasteiger partial charge in [-0.1, -0.05) is 25.9 Å². The van der Waals surface area contributed by atoms with Gasteiger partial charge in [0.15, 0.2) is 5.82 Å². The van der Waals surface area contributed by atoms with E-state index in [-0.39, 0.29) is 17.2 Å². The molecule has 2 aromatic rings. The molecule has 6 heteroatoms. The fourth-order valence-electron chi connectivity index (χ4n) is 0.881. The van der Waals surface area contributed by atoms with Gasteiger partial charge in [0, 0.05) is 5.41 Å². The van der Waals surface area contributed by atoms with E-state index in [2.05, 4.69) is 20.3 Å². The molecule has 0 N–H and O–H groups in total. The minimum absolute atomic E-state index is 0.151. The molecule has 0 saturated carbocycles. The summed E-state index contributed by atoms with van der Waals surface area (Å²) in [4.78, 5) is 4.15. The van der Waals surface area contributed by atoms with Crippen LogP contribution in [-0.2, 0) is 5.41 Å². The van der Waals surface area contributed by atoms with Gasteiger partial charge >= 0.3 is 11.8 Å². The zero-order valence-electron chi connectivity index (χ0n) is 8.18. The monoisotopic (exact) mass is 194 g/mol. The number of nitrogens with zero attached hydrogens (tertiary/aromatic N) is 4. The van der Waals surface area contributed by atoms with Gasteiger partial charge in [0.2, 0.25) is 6.39 Å². The molecule has 0 amide bonds. The molecule has 0 spiro atoms. The minimum atomic E-state index is -0.151. The molecule has 74 valence electrons. The summed E-state index contributed by atoms with van der Waals surface area (Å²) in [5, 5.41) is 11.0. The van der Waals surface area contributed by atoms with Gasteiger partial charge in [-0.15, -0.1) is 10.2 Å². The van der Waals surface area contributed by atoms with Crippen LogP contribution < -0.4 is 0 Å². The summed E-state index contributed by atoms with van der Waals surface area (Å²) < 4.78 is 9.91. The van der Waals surface area contributed by atoms with Crippen LogP contribution in [0.5, 0.6) is 0 Å². The normalized spacial score (nSPS) is 11.9. The van der Waals surface area contributed by atoms with E-state index >= 15 is 0 Å². The second kappa shape index (κ2) is 2.90. The smallest absolute Gasteiger partial charge is 0.315 e. The van der Waals surface area contributed by atoms with Crippen molar-refractivity contribution in [3.05, 3.63) is 12.2 Å². The van der Waals surface area contributed by atoms with Crippen molar-refractivity contribution >= 4 is 0 Å². The van der Waals surface area contributed by atoms with Crippen LogP contribution in [0.3, 0.4) is 0 Å². The fourth-order valence-corrected chi connectivity index (χ4v) is 0.881. The summed E-state index contributed by atoms with van der Waals surface area (Å²) >= 11 is 0. The molecule has 0 aromatic carbocycles. The highest BCUT2D eigenvalue weighted by atomic mass is 16.5. The highest BCUT2D eigenvalue weighted by Gasteiger charge is 2.22. The van der Waals surface area contributed by atoms with E-state index in [0.717, 1.165) is 0 Å². The van der Waals surface area contributed by atoms with Gasteiger partial charge in [-0.05, 0) is 0 Å². The van der Waals surface area contributed by atoms with E-state index < -0.39 is 0 Å². The molecule has 14 heavy (non-hydrogen) atoms. The van der Waals surface area contributed by atoms with Crippen LogP contribution in [0.1, 0.15) is 26.6 Å².